The normalized spacial score (nSPS) is 10.1. The lowest BCUT2D eigenvalue weighted by Crippen LogP contribution is -2.06. The lowest BCUT2D eigenvalue weighted by atomic mass is 10.3. The first-order chi connectivity index (χ1) is 8.83. The molecular formula is C11H14N6O. The fourth-order valence-electron chi connectivity index (χ4n) is 1.27. The number of nitrogens with zero attached hydrogens (tertiary/aromatic N) is 5. The largest absolute Gasteiger partial charge is 0.463 e. The number of ether oxygens (including phenoxy) is 1. The number of rotatable bonds is 5. The average Bonchev–Trinajstić information content (AvgIpc) is 2.45. The molecule has 0 unspecified atom stereocenters. The van der Waals surface area contributed by atoms with E-state index >= 15 is 0 Å². The van der Waals surface area contributed by atoms with E-state index in [0.29, 0.717) is 24.4 Å². The van der Waals surface area contributed by atoms with Gasteiger partial charge in [0.25, 0.3) is 0 Å². The topological polar surface area (TPSA) is 85.7 Å². The Morgan fingerprint density at radius 3 is 2.61 bits per heavy atom. The van der Waals surface area contributed by atoms with Crippen LogP contribution in [0.3, 0.4) is 0 Å². The molecule has 2 aromatic rings. The number of hydrogen-bond acceptors (Lipinski definition) is 7. The lowest BCUT2D eigenvalue weighted by molar-refractivity contribution is 0.292. The summed E-state index contributed by atoms with van der Waals surface area (Å²) >= 11 is 0. The molecule has 0 amide bonds. The van der Waals surface area contributed by atoms with Crippen LogP contribution in [0.25, 0.3) is 11.4 Å². The zero-order valence-corrected chi connectivity index (χ0v) is 10.3. The summed E-state index contributed by atoms with van der Waals surface area (Å²) in [4.78, 5) is 20.5. The molecule has 0 saturated carbocycles. The molecule has 0 saturated heterocycles. The van der Waals surface area contributed by atoms with Gasteiger partial charge in [0.05, 0.1) is 12.2 Å². The second-order valence-corrected chi connectivity index (χ2v) is 3.49. The Kier molecular flexibility index (Phi) is 3.95. The molecule has 1 N–H and O–H groups in total. The Hall–Kier alpha value is -2.31. The Balaban J connectivity index is 2.35. The number of hydrogen-bond donors (Lipinski definition) is 1. The molecule has 2 rings (SSSR count). The minimum atomic E-state index is 0.301. The summed E-state index contributed by atoms with van der Waals surface area (Å²) in [6, 6.07) is 0.301. The molecule has 0 aliphatic heterocycles. The molecule has 0 fully saturated rings. The quantitative estimate of drug-likeness (QED) is 0.847. The molecule has 7 nitrogen and oxygen atoms in total. The van der Waals surface area contributed by atoms with E-state index in [9.17, 15) is 0 Å². The third-order valence-corrected chi connectivity index (χ3v) is 2.09. The third-order valence-electron chi connectivity index (χ3n) is 2.09. The van der Waals surface area contributed by atoms with Crippen LogP contribution in [0.4, 0.5) is 5.95 Å². The molecule has 18 heavy (non-hydrogen) atoms. The van der Waals surface area contributed by atoms with Crippen molar-refractivity contribution in [2.24, 2.45) is 0 Å². The molecule has 0 spiro atoms. The first-order valence-electron chi connectivity index (χ1n) is 5.65. The van der Waals surface area contributed by atoms with Gasteiger partial charge in [-0.25, -0.2) is 9.97 Å². The van der Waals surface area contributed by atoms with E-state index in [2.05, 4.69) is 30.2 Å². The highest BCUT2D eigenvalue weighted by atomic mass is 16.5. The summed E-state index contributed by atoms with van der Waals surface area (Å²) in [5, 5.41) is 2.87. The summed E-state index contributed by atoms with van der Waals surface area (Å²) in [6.07, 6.45) is 5.64. The molecule has 0 aliphatic rings. The average molecular weight is 246 g/mol. The second kappa shape index (κ2) is 5.85. The van der Waals surface area contributed by atoms with Crippen molar-refractivity contribution in [1.82, 2.24) is 24.9 Å². The Bertz CT molecular complexity index is 504. The van der Waals surface area contributed by atoms with Gasteiger partial charge >= 0.3 is 6.01 Å². The third kappa shape index (κ3) is 2.88. The maximum absolute atomic E-state index is 5.42. The van der Waals surface area contributed by atoms with Gasteiger partial charge < -0.3 is 10.1 Å². The van der Waals surface area contributed by atoms with Crippen LogP contribution in [0.1, 0.15) is 13.3 Å². The van der Waals surface area contributed by atoms with Crippen LogP contribution in [-0.4, -0.2) is 38.6 Å². The van der Waals surface area contributed by atoms with E-state index in [-0.39, 0.29) is 0 Å². The predicted octanol–water partition coefficient (Wildman–Crippen LogP) is 1.16. The van der Waals surface area contributed by atoms with Crippen molar-refractivity contribution >= 4 is 5.95 Å². The predicted molar refractivity (Wildman–Crippen MR) is 66.2 cm³/mol. The van der Waals surface area contributed by atoms with Crippen LogP contribution in [0, 0.1) is 0 Å². The van der Waals surface area contributed by atoms with Crippen LogP contribution in [-0.2, 0) is 0 Å². The lowest BCUT2D eigenvalue weighted by Gasteiger charge is -2.06. The number of aromatic nitrogens is 5. The number of anilines is 1. The van der Waals surface area contributed by atoms with Gasteiger partial charge in [0.1, 0.15) is 6.33 Å². The standard InChI is InChI=1S/C11H14N6O/c1-3-4-18-11-16-9(15-10(12-2)17-11)8-5-13-7-14-6-8/h5-7H,3-4H2,1-2H3,(H,12,15,16,17). The van der Waals surface area contributed by atoms with E-state index in [1.165, 1.54) is 6.33 Å². The van der Waals surface area contributed by atoms with Crippen LogP contribution in [0.2, 0.25) is 0 Å². The van der Waals surface area contributed by atoms with Gasteiger partial charge in [-0.15, -0.1) is 0 Å². The van der Waals surface area contributed by atoms with Crippen molar-refractivity contribution in [2.75, 3.05) is 19.0 Å². The van der Waals surface area contributed by atoms with Crippen LogP contribution in [0.15, 0.2) is 18.7 Å². The Labute approximate surface area is 105 Å². The molecule has 0 atom stereocenters. The fraction of sp³-hybridized carbons (Fsp3) is 0.364. The zero-order chi connectivity index (χ0) is 12.8. The van der Waals surface area contributed by atoms with Crippen molar-refractivity contribution in [3.05, 3.63) is 18.7 Å². The Morgan fingerprint density at radius 2 is 1.94 bits per heavy atom. The number of nitrogens with one attached hydrogen (secondary N) is 1. The smallest absolute Gasteiger partial charge is 0.321 e. The monoisotopic (exact) mass is 246 g/mol. The summed E-state index contributed by atoms with van der Waals surface area (Å²) < 4.78 is 5.42. The molecule has 0 bridgehead atoms. The van der Waals surface area contributed by atoms with Crippen LogP contribution < -0.4 is 10.1 Å². The molecule has 2 heterocycles. The minimum Gasteiger partial charge on any atom is -0.463 e. The van der Waals surface area contributed by atoms with Crippen molar-refractivity contribution in [3.63, 3.8) is 0 Å². The van der Waals surface area contributed by atoms with Crippen molar-refractivity contribution in [1.29, 1.82) is 0 Å². The minimum absolute atomic E-state index is 0.301. The van der Waals surface area contributed by atoms with Crippen LogP contribution in [0.5, 0.6) is 6.01 Å². The zero-order valence-electron chi connectivity index (χ0n) is 10.3. The highest BCUT2D eigenvalue weighted by molar-refractivity contribution is 5.53. The SMILES string of the molecule is CCCOc1nc(NC)nc(-c2cncnc2)n1. The summed E-state index contributed by atoms with van der Waals surface area (Å²) in [7, 11) is 1.74. The molecular weight excluding hydrogens is 232 g/mol. The van der Waals surface area contributed by atoms with Crippen LogP contribution >= 0.6 is 0 Å². The van der Waals surface area contributed by atoms with Gasteiger partial charge in [-0.05, 0) is 6.42 Å². The highest BCUT2D eigenvalue weighted by Crippen LogP contribution is 2.16. The molecule has 7 heteroatoms. The first-order valence-corrected chi connectivity index (χ1v) is 5.65. The highest BCUT2D eigenvalue weighted by Gasteiger charge is 2.08. The van der Waals surface area contributed by atoms with Gasteiger partial charge in [-0.3, -0.25) is 0 Å². The van der Waals surface area contributed by atoms with Gasteiger partial charge in [0.15, 0.2) is 5.82 Å². The molecule has 2 aromatic heterocycles. The van der Waals surface area contributed by atoms with Crippen molar-refractivity contribution in [3.8, 4) is 17.4 Å². The second-order valence-electron chi connectivity index (χ2n) is 3.49. The van der Waals surface area contributed by atoms with Crippen molar-refractivity contribution in [2.45, 2.75) is 13.3 Å². The van der Waals surface area contributed by atoms with E-state index in [1.807, 2.05) is 6.92 Å². The Morgan fingerprint density at radius 1 is 1.17 bits per heavy atom. The van der Waals surface area contributed by atoms with Gasteiger partial charge in [-0.2, -0.15) is 15.0 Å². The summed E-state index contributed by atoms with van der Waals surface area (Å²) in [6.45, 7) is 2.59. The van der Waals surface area contributed by atoms with E-state index in [0.717, 1.165) is 12.0 Å². The van der Waals surface area contributed by atoms with E-state index in [1.54, 1.807) is 19.4 Å². The maximum atomic E-state index is 5.42. The van der Waals surface area contributed by atoms with Gasteiger partial charge in [0.2, 0.25) is 5.95 Å². The molecule has 0 aromatic carbocycles. The van der Waals surface area contributed by atoms with Gasteiger partial charge in [-0.1, -0.05) is 6.92 Å². The molecule has 0 aliphatic carbocycles. The van der Waals surface area contributed by atoms with E-state index < -0.39 is 0 Å². The molecule has 94 valence electrons. The first kappa shape index (κ1) is 12.2. The summed E-state index contributed by atoms with van der Waals surface area (Å²) in [5.74, 6) is 0.941. The van der Waals surface area contributed by atoms with Crippen molar-refractivity contribution < 1.29 is 4.74 Å². The molecule has 0 radical (unpaired) electrons. The summed E-state index contributed by atoms with van der Waals surface area (Å²) in [5.41, 5.74) is 0.720. The van der Waals surface area contributed by atoms with E-state index in [4.69, 9.17) is 4.74 Å². The fourth-order valence-corrected chi connectivity index (χ4v) is 1.27. The maximum Gasteiger partial charge on any atom is 0.321 e. The van der Waals surface area contributed by atoms with Gasteiger partial charge in [0, 0.05) is 19.4 Å².